The number of rotatable bonds is 6. The van der Waals surface area contributed by atoms with Crippen LogP contribution in [0.5, 0.6) is 0 Å². The molecule has 10 heteroatoms. The number of aryl methyl sites for hydroxylation is 1. The maximum Gasteiger partial charge on any atom is 0.243 e. The van der Waals surface area contributed by atoms with Gasteiger partial charge >= 0.3 is 0 Å². The highest BCUT2D eigenvalue weighted by Crippen LogP contribution is 2.27. The zero-order chi connectivity index (χ0) is 20.3. The minimum Gasteiger partial charge on any atom is -0.311 e. The molecule has 3 rings (SSSR count). The van der Waals surface area contributed by atoms with Gasteiger partial charge in [0.15, 0.2) is 0 Å². The normalized spacial score (nSPS) is 16.2. The van der Waals surface area contributed by atoms with Gasteiger partial charge in [0.05, 0.1) is 16.1 Å². The smallest absolute Gasteiger partial charge is 0.243 e. The number of amides is 1. The number of carbonyl (C=O) groups excluding carboxylic acids is 1. The average molecular weight is 429 g/mol. The van der Waals surface area contributed by atoms with Crippen LogP contribution in [0.2, 0.25) is 5.02 Å². The van der Waals surface area contributed by atoms with Crippen LogP contribution in [0.1, 0.15) is 26.2 Å². The molecule has 0 radical (unpaired) electrons. The van der Waals surface area contributed by atoms with Gasteiger partial charge in [-0.05, 0) is 37.5 Å². The Morgan fingerprint density at radius 2 is 2.04 bits per heavy atom. The van der Waals surface area contributed by atoms with Crippen LogP contribution in [-0.2, 0) is 21.4 Å². The Kier molecular flexibility index (Phi) is 6.36. The van der Waals surface area contributed by atoms with Gasteiger partial charge in [-0.3, -0.25) is 4.79 Å². The molecular formula is C18H22ClFN4O3S. The number of benzene rings is 1. The number of hydrogen-bond acceptors (Lipinski definition) is 4. The second-order valence-corrected chi connectivity index (χ2v) is 9.03. The molecule has 0 atom stereocenters. The molecule has 1 saturated heterocycles. The molecule has 152 valence electrons. The first-order valence-electron chi connectivity index (χ1n) is 9.10. The fraction of sp³-hybridized carbons (Fsp3) is 0.444. The monoisotopic (exact) mass is 428 g/mol. The quantitative estimate of drug-likeness (QED) is 0.766. The summed E-state index contributed by atoms with van der Waals surface area (Å²) in [5.41, 5.74) is 0. The molecule has 0 unspecified atom stereocenters. The van der Waals surface area contributed by atoms with E-state index in [1.807, 2.05) is 6.92 Å². The van der Waals surface area contributed by atoms with Crippen LogP contribution < -0.4 is 5.32 Å². The number of nitrogens with zero attached hydrogens (tertiary/aromatic N) is 3. The Morgan fingerprint density at radius 1 is 1.32 bits per heavy atom. The van der Waals surface area contributed by atoms with Gasteiger partial charge in [-0.15, -0.1) is 0 Å². The number of carbonyl (C=O) groups is 1. The summed E-state index contributed by atoms with van der Waals surface area (Å²) in [6.45, 7) is 3.16. The Bertz CT molecular complexity index is 955. The Hall–Kier alpha value is -1.97. The molecule has 2 heterocycles. The third-order valence-electron chi connectivity index (χ3n) is 4.76. The molecule has 2 aromatic rings. The zero-order valence-electron chi connectivity index (χ0n) is 15.4. The summed E-state index contributed by atoms with van der Waals surface area (Å²) in [4.78, 5) is 12.5. The Labute approximate surface area is 168 Å². The van der Waals surface area contributed by atoms with E-state index in [0.717, 1.165) is 18.6 Å². The van der Waals surface area contributed by atoms with E-state index in [0.29, 0.717) is 25.2 Å². The zero-order valence-corrected chi connectivity index (χ0v) is 17.0. The second-order valence-electron chi connectivity index (χ2n) is 6.68. The van der Waals surface area contributed by atoms with Gasteiger partial charge in [-0.1, -0.05) is 18.5 Å². The van der Waals surface area contributed by atoms with Crippen molar-refractivity contribution in [3.63, 3.8) is 0 Å². The summed E-state index contributed by atoms with van der Waals surface area (Å²) < 4.78 is 41.8. The van der Waals surface area contributed by atoms with Gasteiger partial charge in [0.2, 0.25) is 15.9 Å². The fourth-order valence-corrected chi connectivity index (χ4v) is 4.94. The summed E-state index contributed by atoms with van der Waals surface area (Å²) in [5.74, 6) is -0.450. The molecule has 28 heavy (non-hydrogen) atoms. The molecule has 1 aliphatic heterocycles. The third-order valence-corrected chi connectivity index (χ3v) is 6.94. The van der Waals surface area contributed by atoms with E-state index in [1.165, 1.54) is 10.4 Å². The van der Waals surface area contributed by atoms with E-state index < -0.39 is 15.8 Å². The Morgan fingerprint density at radius 3 is 2.68 bits per heavy atom. The number of anilines is 1. The molecule has 0 aliphatic carbocycles. The van der Waals surface area contributed by atoms with Crippen molar-refractivity contribution in [1.82, 2.24) is 14.1 Å². The van der Waals surface area contributed by atoms with Gasteiger partial charge in [0.25, 0.3) is 0 Å². The van der Waals surface area contributed by atoms with Crippen molar-refractivity contribution in [2.45, 2.75) is 37.6 Å². The van der Waals surface area contributed by atoms with Crippen molar-refractivity contribution in [3.8, 4) is 0 Å². The highest BCUT2D eigenvalue weighted by atomic mass is 35.5. The average Bonchev–Trinajstić information content (AvgIpc) is 3.11. The molecular weight excluding hydrogens is 407 g/mol. The van der Waals surface area contributed by atoms with Crippen molar-refractivity contribution in [2.75, 3.05) is 18.4 Å². The molecule has 1 amide bonds. The van der Waals surface area contributed by atoms with Crippen molar-refractivity contribution < 1.29 is 17.6 Å². The molecule has 1 aromatic heterocycles. The van der Waals surface area contributed by atoms with Crippen LogP contribution >= 0.6 is 11.6 Å². The topological polar surface area (TPSA) is 84.3 Å². The first-order valence-corrected chi connectivity index (χ1v) is 10.9. The van der Waals surface area contributed by atoms with Crippen molar-refractivity contribution in [2.24, 2.45) is 5.92 Å². The summed E-state index contributed by atoms with van der Waals surface area (Å²) in [5, 5.41) is 6.81. The number of piperidine rings is 1. The molecule has 1 fully saturated rings. The molecule has 1 aliphatic rings. The predicted molar refractivity (Wildman–Crippen MR) is 104 cm³/mol. The number of aromatic nitrogens is 2. The summed E-state index contributed by atoms with van der Waals surface area (Å²) in [6.07, 6.45) is 3.34. The van der Waals surface area contributed by atoms with Crippen LogP contribution in [-0.4, -0.2) is 41.5 Å². The summed E-state index contributed by atoms with van der Waals surface area (Å²) in [6, 6.07) is 5.09. The molecule has 0 spiro atoms. The predicted octanol–water partition coefficient (Wildman–Crippen LogP) is 3.13. The highest BCUT2D eigenvalue weighted by Gasteiger charge is 2.32. The molecule has 0 bridgehead atoms. The summed E-state index contributed by atoms with van der Waals surface area (Å²) >= 11 is 5.71. The highest BCUT2D eigenvalue weighted by molar-refractivity contribution is 7.89. The fourth-order valence-electron chi connectivity index (χ4n) is 3.20. The standard InChI is InChI=1S/C18H22ClFN4O3S/c1-2-9-24-17(5-8-21-24)22-18(25)13-6-10-23(11-7-13)28(26,27)14-3-4-16(20)15(19)12-14/h3-5,8,12-13H,2,6-7,9-11H2,1H3,(H,22,25). The van der Waals surface area contributed by atoms with E-state index in [1.54, 1.807) is 16.9 Å². The van der Waals surface area contributed by atoms with Crippen LogP contribution in [0.25, 0.3) is 0 Å². The molecule has 1 N–H and O–H groups in total. The van der Waals surface area contributed by atoms with Gasteiger partial charge < -0.3 is 5.32 Å². The van der Waals surface area contributed by atoms with Crippen molar-refractivity contribution >= 4 is 33.3 Å². The Balaban J connectivity index is 1.62. The molecule has 0 saturated carbocycles. The lowest BCUT2D eigenvalue weighted by molar-refractivity contribution is -0.121. The second kappa shape index (κ2) is 8.59. The van der Waals surface area contributed by atoms with Gasteiger partial charge in [-0.2, -0.15) is 9.40 Å². The lowest BCUT2D eigenvalue weighted by Crippen LogP contribution is -2.41. The first kappa shape index (κ1) is 20.8. The number of nitrogens with one attached hydrogen (secondary N) is 1. The minimum atomic E-state index is -3.78. The van der Waals surface area contributed by atoms with Crippen LogP contribution in [0.15, 0.2) is 35.4 Å². The van der Waals surface area contributed by atoms with Gasteiger partial charge in [0.1, 0.15) is 11.6 Å². The van der Waals surface area contributed by atoms with E-state index in [4.69, 9.17) is 11.6 Å². The van der Waals surface area contributed by atoms with Crippen LogP contribution in [0.3, 0.4) is 0 Å². The lowest BCUT2D eigenvalue weighted by atomic mass is 9.97. The maximum absolute atomic E-state index is 13.3. The minimum absolute atomic E-state index is 0.0507. The van der Waals surface area contributed by atoms with Gasteiger partial charge in [-0.25, -0.2) is 17.5 Å². The first-order chi connectivity index (χ1) is 13.3. The van der Waals surface area contributed by atoms with Crippen molar-refractivity contribution in [3.05, 3.63) is 41.3 Å². The van der Waals surface area contributed by atoms with E-state index in [-0.39, 0.29) is 34.8 Å². The van der Waals surface area contributed by atoms with Gasteiger partial charge in [0, 0.05) is 31.6 Å². The third kappa shape index (κ3) is 4.37. The van der Waals surface area contributed by atoms with E-state index in [2.05, 4.69) is 10.4 Å². The van der Waals surface area contributed by atoms with E-state index in [9.17, 15) is 17.6 Å². The largest absolute Gasteiger partial charge is 0.311 e. The number of halogens is 2. The lowest BCUT2D eigenvalue weighted by Gasteiger charge is -2.30. The van der Waals surface area contributed by atoms with Crippen LogP contribution in [0, 0.1) is 11.7 Å². The number of hydrogen-bond donors (Lipinski definition) is 1. The van der Waals surface area contributed by atoms with Crippen molar-refractivity contribution in [1.29, 1.82) is 0 Å². The maximum atomic E-state index is 13.3. The number of sulfonamides is 1. The van der Waals surface area contributed by atoms with Crippen LogP contribution in [0.4, 0.5) is 10.2 Å². The SMILES string of the molecule is CCCn1nccc1NC(=O)C1CCN(S(=O)(=O)c2ccc(F)c(Cl)c2)CC1. The summed E-state index contributed by atoms with van der Waals surface area (Å²) in [7, 11) is -3.78. The van der Waals surface area contributed by atoms with E-state index >= 15 is 0 Å². The molecule has 7 nitrogen and oxygen atoms in total. The molecule has 1 aromatic carbocycles.